The van der Waals surface area contributed by atoms with E-state index in [9.17, 15) is 4.79 Å². The van der Waals surface area contributed by atoms with Crippen LogP contribution in [0.3, 0.4) is 0 Å². The fourth-order valence-corrected chi connectivity index (χ4v) is 4.48. The predicted octanol–water partition coefficient (Wildman–Crippen LogP) is 2.97. The molecule has 0 unspecified atom stereocenters. The lowest BCUT2D eigenvalue weighted by Gasteiger charge is -2.29. The van der Waals surface area contributed by atoms with Crippen LogP contribution in [-0.2, 0) is 11.8 Å². The van der Waals surface area contributed by atoms with E-state index in [0.29, 0.717) is 22.4 Å². The van der Waals surface area contributed by atoms with E-state index in [2.05, 4.69) is 10.00 Å². The van der Waals surface area contributed by atoms with E-state index < -0.39 is 0 Å². The number of nitrogens with zero attached hydrogens (tertiary/aromatic N) is 5. The molecule has 9 heteroatoms. The minimum absolute atomic E-state index is 0.101. The maximum atomic E-state index is 13.3. The Morgan fingerprint density at radius 3 is 2.82 bits per heavy atom. The van der Waals surface area contributed by atoms with Crippen molar-refractivity contribution in [2.45, 2.75) is 6.92 Å². The number of hydrogen-bond acceptors (Lipinski definition) is 6. The molecule has 0 aliphatic carbocycles. The molecule has 1 aliphatic heterocycles. The number of hydrogen-bond donors (Lipinski definition) is 0. The van der Waals surface area contributed by atoms with Crippen molar-refractivity contribution in [3.63, 3.8) is 0 Å². The number of fused-ring (bicyclic) bond motifs is 1. The van der Waals surface area contributed by atoms with Gasteiger partial charge in [0.1, 0.15) is 5.69 Å². The van der Waals surface area contributed by atoms with Gasteiger partial charge in [0.25, 0.3) is 5.91 Å². The molecular formula is C19H22ClN5O2S. The summed E-state index contributed by atoms with van der Waals surface area (Å²) in [6, 6.07) is 5.57. The highest BCUT2D eigenvalue weighted by atomic mass is 35.5. The number of aromatic nitrogens is 3. The van der Waals surface area contributed by atoms with Crippen molar-refractivity contribution in [3.8, 4) is 0 Å². The number of benzene rings is 1. The van der Waals surface area contributed by atoms with Crippen LogP contribution in [0.15, 0.2) is 24.4 Å². The third-order valence-corrected chi connectivity index (χ3v) is 6.45. The summed E-state index contributed by atoms with van der Waals surface area (Å²) < 4.78 is 8.04. The first-order chi connectivity index (χ1) is 13.5. The minimum Gasteiger partial charge on any atom is -0.379 e. The van der Waals surface area contributed by atoms with Crippen LogP contribution >= 0.6 is 22.9 Å². The summed E-state index contributed by atoms with van der Waals surface area (Å²) in [6.45, 7) is 6.49. The number of amides is 1. The van der Waals surface area contributed by atoms with Gasteiger partial charge in [-0.3, -0.25) is 19.3 Å². The molecule has 1 fully saturated rings. The van der Waals surface area contributed by atoms with Crippen LogP contribution < -0.4 is 4.90 Å². The maximum absolute atomic E-state index is 13.3. The summed E-state index contributed by atoms with van der Waals surface area (Å²) in [5.41, 5.74) is 2.32. The first-order valence-corrected chi connectivity index (χ1v) is 10.4. The van der Waals surface area contributed by atoms with Gasteiger partial charge in [0.15, 0.2) is 5.13 Å². The number of anilines is 1. The lowest BCUT2D eigenvalue weighted by atomic mass is 10.2. The number of aryl methyl sites for hydroxylation is 2. The van der Waals surface area contributed by atoms with E-state index in [0.717, 1.165) is 48.6 Å². The van der Waals surface area contributed by atoms with Crippen molar-refractivity contribution in [2.75, 3.05) is 44.3 Å². The molecule has 1 saturated heterocycles. The van der Waals surface area contributed by atoms with Crippen LogP contribution in [0, 0.1) is 6.92 Å². The Labute approximate surface area is 172 Å². The Morgan fingerprint density at radius 1 is 1.32 bits per heavy atom. The largest absolute Gasteiger partial charge is 0.379 e. The van der Waals surface area contributed by atoms with Crippen LogP contribution in [0.5, 0.6) is 0 Å². The number of carbonyl (C=O) groups is 1. The van der Waals surface area contributed by atoms with Crippen molar-refractivity contribution < 1.29 is 9.53 Å². The lowest BCUT2D eigenvalue weighted by molar-refractivity contribution is 0.0391. The summed E-state index contributed by atoms with van der Waals surface area (Å²) in [5.74, 6) is -0.101. The molecular weight excluding hydrogens is 398 g/mol. The van der Waals surface area contributed by atoms with Crippen LogP contribution in [0.25, 0.3) is 10.2 Å². The van der Waals surface area contributed by atoms with E-state index >= 15 is 0 Å². The SMILES string of the molecule is Cc1c(Cl)ccc2sc(N(CCN3CCOCC3)C(=O)c3ccnn3C)nc12. The average molecular weight is 420 g/mol. The maximum Gasteiger partial charge on any atom is 0.278 e. The zero-order valence-electron chi connectivity index (χ0n) is 15.9. The van der Waals surface area contributed by atoms with Crippen LogP contribution in [-0.4, -0.2) is 65.0 Å². The first-order valence-electron chi connectivity index (χ1n) is 9.20. The van der Waals surface area contributed by atoms with Gasteiger partial charge in [-0.15, -0.1) is 0 Å². The lowest BCUT2D eigenvalue weighted by Crippen LogP contribution is -2.43. The number of rotatable bonds is 5. The van der Waals surface area contributed by atoms with Gasteiger partial charge in [-0.1, -0.05) is 22.9 Å². The fourth-order valence-electron chi connectivity index (χ4n) is 3.28. The third kappa shape index (κ3) is 3.77. The zero-order chi connectivity index (χ0) is 19.7. The van der Waals surface area contributed by atoms with Gasteiger partial charge in [-0.2, -0.15) is 5.10 Å². The predicted molar refractivity (Wildman–Crippen MR) is 112 cm³/mol. The smallest absolute Gasteiger partial charge is 0.278 e. The molecule has 0 N–H and O–H groups in total. The van der Waals surface area contributed by atoms with Crippen LogP contribution in [0.4, 0.5) is 5.13 Å². The molecule has 1 aliphatic rings. The van der Waals surface area contributed by atoms with E-state index in [-0.39, 0.29) is 5.91 Å². The average Bonchev–Trinajstić information content (AvgIpc) is 3.32. The summed E-state index contributed by atoms with van der Waals surface area (Å²) in [6.07, 6.45) is 1.63. The highest BCUT2D eigenvalue weighted by Crippen LogP contribution is 2.34. The van der Waals surface area contributed by atoms with Crippen LogP contribution in [0.2, 0.25) is 5.02 Å². The van der Waals surface area contributed by atoms with Crippen molar-refractivity contribution in [1.82, 2.24) is 19.7 Å². The molecule has 3 aromatic rings. The molecule has 7 nitrogen and oxygen atoms in total. The Kier molecular flexibility index (Phi) is 5.63. The highest BCUT2D eigenvalue weighted by molar-refractivity contribution is 7.22. The second-order valence-electron chi connectivity index (χ2n) is 6.77. The molecule has 0 bridgehead atoms. The molecule has 0 spiro atoms. The second kappa shape index (κ2) is 8.16. The molecule has 2 aromatic heterocycles. The van der Waals surface area contributed by atoms with Gasteiger partial charge >= 0.3 is 0 Å². The van der Waals surface area contributed by atoms with Gasteiger partial charge in [0, 0.05) is 44.4 Å². The normalized spacial score (nSPS) is 15.2. The van der Waals surface area contributed by atoms with Gasteiger partial charge in [-0.25, -0.2) is 4.98 Å². The van der Waals surface area contributed by atoms with Crippen molar-refractivity contribution in [2.24, 2.45) is 7.05 Å². The second-order valence-corrected chi connectivity index (χ2v) is 8.18. The zero-order valence-corrected chi connectivity index (χ0v) is 17.5. The summed E-state index contributed by atoms with van der Waals surface area (Å²) in [5, 5.41) is 5.50. The molecule has 28 heavy (non-hydrogen) atoms. The summed E-state index contributed by atoms with van der Waals surface area (Å²) in [4.78, 5) is 22.1. The van der Waals surface area contributed by atoms with Gasteiger partial charge in [0.05, 0.1) is 23.4 Å². The Hall–Kier alpha value is -2.00. The quantitative estimate of drug-likeness (QED) is 0.636. The fraction of sp³-hybridized carbons (Fsp3) is 0.421. The first kappa shape index (κ1) is 19.3. The van der Waals surface area contributed by atoms with Gasteiger partial charge in [-0.05, 0) is 30.7 Å². The van der Waals surface area contributed by atoms with Gasteiger partial charge < -0.3 is 4.74 Å². The number of morpholine rings is 1. The third-order valence-electron chi connectivity index (χ3n) is 5.00. The summed E-state index contributed by atoms with van der Waals surface area (Å²) >= 11 is 7.77. The molecule has 1 aromatic carbocycles. The minimum atomic E-state index is -0.101. The Bertz CT molecular complexity index is 996. The Morgan fingerprint density at radius 2 is 2.11 bits per heavy atom. The van der Waals surface area contributed by atoms with Crippen molar-refractivity contribution in [1.29, 1.82) is 0 Å². The van der Waals surface area contributed by atoms with E-state index in [1.54, 1.807) is 28.9 Å². The number of halogens is 1. The molecule has 148 valence electrons. The molecule has 4 rings (SSSR count). The summed E-state index contributed by atoms with van der Waals surface area (Å²) in [7, 11) is 1.77. The van der Waals surface area contributed by atoms with Gasteiger partial charge in [0.2, 0.25) is 0 Å². The van der Waals surface area contributed by atoms with Crippen molar-refractivity contribution in [3.05, 3.63) is 40.7 Å². The standard InChI is InChI=1S/C19H22ClN5O2S/c1-13-14(20)3-4-16-17(13)22-19(28-16)25(8-7-24-9-11-27-12-10-24)18(26)15-5-6-21-23(15)2/h3-6H,7-12H2,1-2H3. The molecule has 0 saturated carbocycles. The van der Waals surface area contributed by atoms with E-state index in [4.69, 9.17) is 21.3 Å². The monoisotopic (exact) mass is 419 g/mol. The number of carbonyl (C=O) groups excluding carboxylic acids is 1. The molecule has 1 amide bonds. The molecule has 0 radical (unpaired) electrons. The van der Waals surface area contributed by atoms with Crippen molar-refractivity contribution >= 4 is 44.2 Å². The number of ether oxygens (including phenoxy) is 1. The highest BCUT2D eigenvalue weighted by Gasteiger charge is 2.25. The van der Waals surface area contributed by atoms with E-state index in [1.165, 1.54) is 11.3 Å². The molecule has 3 heterocycles. The topological polar surface area (TPSA) is 63.5 Å². The van der Waals surface area contributed by atoms with E-state index in [1.807, 2.05) is 19.1 Å². The number of thiazole rings is 1. The Balaban J connectivity index is 1.66. The molecule has 0 atom stereocenters. The van der Waals surface area contributed by atoms with Crippen LogP contribution in [0.1, 0.15) is 16.1 Å².